The van der Waals surface area contributed by atoms with Gasteiger partial charge in [0.2, 0.25) is 0 Å². The van der Waals surface area contributed by atoms with E-state index < -0.39 is 11.8 Å². The smallest absolute Gasteiger partial charge is 0.313 e. The van der Waals surface area contributed by atoms with Gasteiger partial charge in [0.1, 0.15) is 5.75 Å². The van der Waals surface area contributed by atoms with Crippen molar-refractivity contribution in [3.8, 4) is 5.75 Å². The fourth-order valence-corrected chi connectivity index (χ4v) is 4.37. The summed E-state index contributed by atoms with van der Waals surface area (Å²) in [5.74, 6) is -0.673. The van der Waals surface area contributed by atoms with E-state index in [1.54, 1.807) is 31.4 Å². The van der Waals surface area contributed by atoms with Crippen molar-refractivity contribution in [3.05, 3.63) is 89.5 Å². The first-order valence-electron chi connectivity index (χ1n) is 11.8. The number of hydrogen-bond donors (Lipinski definition) is 2. The summed E-state index contributed by atoms with van der Waals surface area (Å²) in [6, 6.07) is 23.6. The van der Waals surface area contributed by atoms with Crippen molar-refractivity contribution in [2.24, 2.45) is 0 Å². The molecule has 0 aromatic heterocycles. The minimum absolute atomic E-state index is 0.0581. The molecule has 0 radical (unpaired) electrons. The molecule has 0 saturated carbocycles. The number of nitrogens with zero attached hydrogens (tertiary/aromatic N) is 2. The number of hydrogen-bond acceptors (Lipinski definition) is 5. The highest BCUT2D eigenvalue weighted by Crippen LogP contribution is 2.28. The van der Waals surface area contributed by atoms with Crippen LogP contribution >= 0.6 is 0 Å². The van der Waals surface area contributed by atoms with E-state index >= 15 is 0 Å². The Morgan fingerprint density at radius 1 is 0.943 bits per heavy atom. The molecule has 182 valence electrons. The summed E-state index contributed by atoms with van der Waals surface area (Å²) in [6.07, 6.45) is 0.953. The molecular weight excluding hydrogens is 440 g/mol. The third-order valence-corrected chi connectivity index (χ3v) is 6.41. The van der Waals surface area contributed by atoms with Crippen LogP contribution in [-0.2, 0) is 22.6 Å². The lowest BCUT2D eigenvalue weighted by Crippen LogP contribution is -2.43. The molecule has 0 spiro atoms. The molecule has 0 aliphatic carbocycles. The fourth-order valence-electron chi connectivity index (χ4n) is 4.37. The molecule has 3 aromatic carbocycles. The van der Waals surface area contributed by atoms with Crippen LogP contribution in [0, 0.1) is 0 Å². The number of rotatable bonds is 7. The SMILES string of the molecule is COc1ccc(NC(=O)C(=O)NC[C@@H](c2ccc(N(C)C)cc2)N2CCc3ccccc3C2)cc1. The first-order chi connectivity index (χ1) is 16.9. The van der Waals surface area contributed by atoms with Crippen molar-refractivity contribution in [1.29, 1.82) is 0 Å². The average Bonchev–Trinajstić information content (AvgIpc) is 2.89. The van der Waals surface area contributed by atoms with E-state index in [1.807, 2.05) is 14.1 Å². The van der Waals surface area contributed by atoms with Gasteiger partial charge in [-0.15, -0.1) is 0 Å². The number of nitrogens with one attached hydrogen (secondary N) is 2. The van der Waals surface area contributed by atoms with E-state index in [0.717, 1.165) is 30.8 Å². The first-order valence-corrected chi connectivity index (χ1v) is 11.8. The van der Waals surface area contributed by atoms with E-state index in [9.17, 15) is 9.59 Å². The number of methoxy groups -OCH3 is 1. The summed E-state index contributed by atoms with van der Waals surface area (Å²) in [7, 11) is 5.60. The van der Waals surface area contributed by atoms with E-state index in [-0.39, 0.29) is 6.04 Å². The summed E-state index contributed by atoms with van der Waals surface area (Å²) < 4.78 is 5.13. The highest BCUT2D eigenvalue weighted by atomic mass is 16.5. The molecule has 0 bridgehead atoms. The molecule has 1 aliphatic rings. The lowest BCUT2D eigenvalue weighted by Gasteiger charge is -2.36. The molecule has 0 saturated heterocycles. The molecule has 2 N–H and O–H groups in total. The molecule has 3 aromatic rings. The number of fused-ring (bicyclic) bond motifs is 1. The first kappa shape index (κ1) is 24.3. The molecule has 1 aliphatic heterocycles. The normalized spacial score (nSPS) is 13.9. The Kier molecular flexibility index (Phi) is 7.67. The summed E-state index contributed by atoms with van der Waals surface area (Å²) in [6.45, 7) is 2.01. The lowest BCUT2D eigenvalue weighted by atomic mass is 9.96. The average molecular weight is 473 g/mol. The second-order valence-electron chi connectivity index (χ2n) is 8.88. The van der Waals surface area contributed by atoms with Gasteiger partial charge in [0.25, 0.3) is 0 Å². The maximum Gasteiger partial charge on any atom is 0.313 e. The molecule has 7 nitrogen and oxygen atoms in total. The van der Waals surface area contributed by atoms with Crippen LogP contribution in [-0.4, -0.2) is 51.0 Å². The number of carbonyl (C=O) groups excluding carboxylic acids is 2. The number of anilines is 2. The van der Waals surface area contributed by atoms with Gasteiger partial charge in [-0.3, -0.25) is 14.5 Å². The highest BCUT2D eigenvalue weighted by molar-refractivity contribution is 6.39. The third-order valence-electron chi connectivity index (χ3n) is 6.41. The minimum Gasteiger partial charge on any atom is -0.497 e. The minimum atomic E-state index is -0.694. The van der Waals surface area contributed by atoms with Gasteiger partial charge in [0.05, 0.1) is 13.2 Å². The van der Waals surface area contributed by atoms with E-state index in [4.69, 9.17) is 4.74 Å². The summed E-state index contributed by atoms with van der Waals surface area (Å²) >= 11 is 0. The number of benzene rings is 3. The van der Waals surface area contributed by atoms with Crippen molar-refractivity contribution < 1.29 is 14.3 Å². The van der Waals surface area contributed by atoms with Crippen LogP contribution in [0.5, 0.6) is 5.75 Å². The maximum absolute atomic E-state index is 12.7. The number of amides is 2. The zero-order valence-electron chi connectivity index (χ0n) is 20.5. The van der Waals surface area contributed by atoms with Crippen molar-refractivity contribution in [3.63, 3.8) is 0 Å². The van der Waals surface area contributed by atoms with Crippen LogP contribution in [0.2, 0.25) is 0 Å². The molecule has 35 heavy (non-hydrogen) atoms. The zero-order valence-corrected chi connectivity index (χ0v) is 20.5. The van der Waals surface area contributed by atoms with Gasteiger partial charge < -0.3 is 20.3 Å². The molecule has 1 heterocycles. The predicted molar refractivity (Wildman–Crippen MR) is 139 cm³/mol. The van der Waals surface area contributed by atoms with Crippen LogP contribution < -0.4 is 20.3 Å². The van der Waals surface area contributed by atoms with Gasteiger partial charge in [0.15, 0.2) is 0 Å². The second kappa shape index (κ2) is 11.1. The van der Waals surface area contributed by atoms with E-state index in [0.29, 0.717) is 18.0 Å². The molecule has 2 amide bonds. The summed E-state index contributed by atoms with van der Waals surface area (Å²) in [4.78, 5) is 29.6. The van der Waals surface area contributed by atoms with Crippen LogP contribution in [0.15, 0.2) is 72.8 Å². The van der Waals surface area contributed by atoms with E-state index in [1.165, 1.54) is 11.1 Å². The van der Waals surface area contributed by atoms with Crippen molar-refractivity contribution in [2.75, 3.05) is 44.5 Å². The number of ether oxygens (including phenoxy) is 1. The topological polar surface area (TPSA) is 73.9 Å². The van der Waals surface area contributed by atoms with Gasteiger partial charge in [-0.1, -0.05) is 36.4 Å². The van der Waals surface area contributed by atoms with Gasteiger partial charge >= 0.3 is 11.8 Å². The fraction of sp³-hybridized carbons (Fsp3) is 0.286. The Hall–Kier alpha value is -3.84. The van der Waals surface area contributed by atoms with Crippen molar-refractivity contribution in [2.45, 2.75) is 19.0 Å². The third kappa shape index (κ3) is 6.00. The second-order valence-corrected chi connectivity index (χ2v) is 8.88. The number of carbonyl (C=O) groups is 2. The molecule has 0 unspecified atom stereocenters. The Morgan fingerprint density at radius 3 is 2.29 bits per heavy atom. The largest absolute Gasteiger partial charge is 0.497 e. The summed E-state index contributed by atoms with van der Waals surface area (Å²) in [5, 5.41) is 5.50. The molecule has 0 fully saturated rings. The predicted octanol–water partition coefficient (Wildman–Crippen LogP) is 3.62. The Labute approximate surface area is 206 Å². The van der Waals surface area contributed by atoms with Gasteiger partial charge in [-0.05, 0) is 59.5 Å². The lowest BCUT2D eigenvalue weighted by molar-refractivity contribution is -0.136. The van der Waals surface area contributed by atoms with Crippen LogP contribution in [0.4, 0.5) is 11.4 Å². The monoisotopic (exact) mass is 472 g/mol. The van der Waals surface area contributed by atoms with Gasteiger partial charge in [-0.25, -0.2) is 0 Å². The standard InChI is InChI=1S/C28H32N4O3/c1-31(2)24-12-8-21(9-13-24)26(32-17-16-20-6-4-5-7-22(20)19-32)18-29-27(33)28(34)30-23-10-14-25(35-3)15-11-23/h4-15,26H,16-19H2,1-3H3,(H,29,33)(H,30,34)/t26-/m0/s1. The quantitative estimate of drug-likeness (QED) is 0.514. The van der Waals surface area contributed by atoms with Crippen molar-refractivity contribution >= 4 is 23.2 Å². The maximum atomic E-state index is 12.7. The van der Waals surface area contributed by atoms with E-state index in [2.05, 4.69) is 69.0 Å². The summed E-state index contributed by atoms with van der Waals surface area (Å²) in [5.41, 5.74) is 5.42. The van der Waals surface area contributed by atoms with Gasteiger partial charge in [-0.2, -0.15) is 0 Å². The van der Waals surface area contributed by atoms with Crippen LogP contribution in [0.25, 0.3) is 0 Å². The van der Waals surface area contributed by atoms with Gasteiger partial charge in [0, 0.05) is 45.1 Å². The molecule has 1 atom stereocenters. The molecule has 7 heteroatoms. The Morgan fingerprint density at radius 2 is 1.63 bits per heavy atom. The highest BCUT2D eigenvalue weighted by Gasteiger charge is 2.26. The Balaban J connectivity index is 1.46. The van der Waals surface area contributed by atoms with Crippen LogP contribution in [0.1, 0.15) is 22.7 Å². The van der Waals surface area contributed by atoms with Crippen LogP contribution in [0.3, 0.4) is 0 Å². The molecular formula is C28H32N4O3. The van der Waals surface area contributed by atoms with Crippen molar-refractivity contribution in [1.82, 2.24) is 10.2 Å². The Bertz CT molecular complexity index is 1160. The zero-order chi connectivity index (χ0) is 24.8. The molecule has 4 rings (SSSR count).